The molecule has 2 nitrogen and oxygen atoms in total. The molecule has 1 N–H and O–H groups in total. The van der Waals surface area contributed by atoms with Gasteiger partial charge in [-0.3, -0.25) is 0 Å². The Morgan fingerprint density at radius 3 is 2.48 bits per heavy atom. The lowest BCUT2D eigenvalue weighted by Gasteiger charge is -2.10. The fraction of sp³-hybridized carbons (Fsp3) is 0.368. The molecule has 0 aliphatic rings. The van der Waals surface area contributed by atoms with Crippen LogP contribution in [0.25, 0.3) is 0 Å². The molecule has 2 aromatic rings. The van der Waals surface area contributed by atoms with E-state index in [0.717, 1.165) is 25.3 Å². The van der Waals surface area contributed by atoms with Gasteiger partial charge in [-0.05, 0) is 35.7 Å². The third-order valence-electron chi connectivity index (χ3n) is 3.28. The molecule has 21 heavy (non-hydrogen) atoms. The average molecular weight is 283 g/mol. The Morgan fingerprint density at radius 1 is 0.952 bits per heavy atom. The minimum absolute atomic E-state index is 0.676. The highest BCUT2D eigenvalue weighted by molar-refractivity contribution is 5.28. The topological polar surface area (TPSA) is 21.3 Å². The van der Waals surface area contributed by atoms with Crippen molar-refractivity contribution in [2.45, 2.75) is 26.8 Å². The quantitative estimate of drug-likeness (QED) is 0.789. The number of hydrogen-bond acceptors (Lipinski definition) is 2. The molecule has 0 amide bonds. The minimum Gasteiger partial charge on any atom is -0.493 e. The van der Waals surface area contributed by atoms with Gasteiger partial charge in [0.15, 0.2) is 0 Å². The smallest absolute Gasteiger partial charge is 0.119 e. The SMILES string of the molecule is CC(C)CNCc1cccc(OCCc2ccccc2)c1. The van der Waals surface area contributed by atoms with Crippen LogP contribution < -0.4 is 10.1 Å². The largest absolute Gasteiger partial charge is 0.493 e. The van der Waals surface area contributed by atoms with Gasteiger partial charge in [0.1, 0.15) is 5.75 Å². The summed E-state index contributed by atoms with van der Waals surface area (Å²) >= 11 is 0. The first-order valence-electron chi connectivity index (χ1n) is 7.70. The van der Waals surface area contributed by atoms with Crippen LogP contribution in [0.1, 0.15) is 25.0 Å². The normalized spacial score (nSPS) is 10.8. The summed E-state index contributed by atoms with van der Waals surface area (Å²) in [5, 5.41) is 3.45. The molecule has 0 fully saturated rings. The van der Waals surface area contributed by atoms with Gasteiger partial charge in [0.25, 0.3) is 0 Å². The highest BCUT2D eigenvalue weighted by atomic mass is 16.5. The molecule has 0 saturated heterocycles. The van der Waals surface area contributed by atoms with Gasteiger partial charge in [-0.2, -0.15) is 0 Å². The fourth-order valence-electron chi connectivity index (χ4n) is 2.18. The van der Waals surface area contributed by atoms with E-state index in [1.807, 2.05) is 12.1 Å². The fourth-order valence-corrected chi connectivity index (χ4v) is 2.18. The Balaban J connectivity index is 1.78. The summed E-state index contributed by atoms with van der Waals surface area (Å²) in [5.41, 5.74) is 2.58. The number of ether oxygens (including phenoxy) is 1. The number of nitrogens with one attached hydrogen (secondary N) is 1. The predicted molar refractivity (Wildman–Crippen MR) is 88.6 cm³/mol. The third kappa shape index (κ3) is 6.01. The van der Waals surface area contributed by atoms with Crippen molar-refractivity contribution in [3.63, 3.8) is 0 Å². The lowest BCUT2D eigenvalue weighted by molar-refractivity contribution is 0.321. The Morgan fingerprint density at radius 2 is 1.71 bits per heavy atom. The van der Waals surface area contributed by atoms with E-state index < -0.39 is 0 Å². The van der Waals surface area contributed by atoms with E-state index in [1.54, 1.807) is 0 Å². The monoisotopic (exact) mass is 283 g/mol. The van der Waals surface area contributed by atoms with Gasteiger partial charge in [-0.15, -0.1) is 0 Å². The molecule has 0 aliphatic carbocycles. The summed E-state index contributed by atoms with van der Waals surface area (Å²) in [4.78, 5) is 0. The van der Waals surface area contributed by atoms with Crippen LogP contribution in [0, 0.1) is 5.92 Å². The first-order valence-corrected chi connectivity index (χ1v) is 7.70. The van der Waals surface area contributed by atoms with Crippen LogP contribution in [0.3, 0.4) is 0 Å². The second kappa shape index (κ2) is 8.48. The predicted octanol–water partition coefficient (Wildman–Crippen LogP) is 4.05. The second-order valence-electron chi connectivity index (χ2n) is 5.76. The average Bonchev–Trinajstić information content (AvgIpc) is 2.48. The molecule has 0 aliphatic heterocycles. The van der Waals surface area contributed by atoms with Gasteiger partial charge < -0.3 is 10.1 Å². The van der Waals surface area contributed by atoms with E-state index in [2.05, 4.69) is 61.6 Å². The van der Waals surface area contributed by atoms with Crippen molar-refractivity contribution in [1.82, 2.24) is 5.32 Å². The van der Waals surface area contributed by atoms with E-state index in [9.17, 15) is 0 Å². The van der Waals surface area contributed by atoms with Crippen LogP contribution >= 0.6 is 0 Å². The molecule has 0 radical (unpaired) electrons. The van der Waals surface area contributed by atoms with Crippen molar-refractivity contribution in [2.24, 2.45) is 5.92 Å². The summed E-state index contributed by atoms with van der Waals surface area (Å²) in [6.07, 6.45) is 0.941. The summed E-state index contributed by atoms with van der Waals surface area (Å²) in [7, 11) is 0. The zero-order valence-corrected chi connectivity index (χ0v) is 13.0. The minimum atomic E-state index is 0.676. The maximum atomic E-state index is 5.85. The summed E-state index contributed by atoms with van der Waals surface area (Å²) < 4.78 is 5.85. The van der Waals surface area contributed by atoms with Crippen LogP contribution in [0.5, 0.6) is 5.75 Å². The Labute approximate surface area is 128 Å². The van der Waals surface area contributed by atoms with Crippen LogP contribution in [0.2, 0.25) is 0 Å². The maximum absolute atomic E-state index is 5.85. The van der Waals surface area contributed by atoms with Crippen molar-refractivity contribution in [1.29, 1.82) is 0 Å². The zero-order valence-electron chi connectivity index (χ0n) is 13.0. The summed E-state index contributed by atoms with van der Waals surface area (Å²) in [6, 6.07) is 18.8. The maximum Gasteiger partial charge on any atom is 0.119 e. The van der Waals surface area contributed by atoms with Crippen LogP contribution in [-0.2, 0) is 13.0 Å². The van der Waals surface area contributed by atoms with Gasteiger partial charge in [-0.1, -0.05) is 56.3 Å². The lowest BCUT2D eigenvalue weighted by atomic mass is 10.1. The first-order chi connectivity index (χ1) is 10.2. The molecule has 112 valence electrons. The molecule has 0 saturated carbocycles. The standard InChI is InChI=1S/C19H25NO/c1-16(2)14-20-15-18-9-6-10-19(13-18)21-12-11-17-7-4-3-5-8-17/h3-10,13,16,20H,11-12,14-15H2,1-2H3. The first kappa shape index (κ1) is 15.6. The summed E-state index contributed by atoms with van der Waals surface area (Å²) in [5.74, 6) is 1.63. The van der Waals surface area contributed by atoms with Gasteiger partial charge >= 0.3 is 0 Å². The molecule has 2 aromatic carbocycles. The third-order valence-corrected chi connectivity index (χ3v) is 3.28. The molecule has 0 aromatic heterocycles. The van der Waals surface area contributed by atoms with Crippen molar-refractivity contribution < 1.29 is 4.74 Å². The van der Waals surface area contributed by atoms with Crippen LogP contribution in [0.4, 0.5) is 0 Å². The van der Waals surface area contributed by atoms with Crippen molar-refractivity contribution in [3.05, 3.63) is 65.7 Å². The molecule has 2 heteroatoms. The zero-order chi connectivity index (χ0) is 14.9. The van der Waals surface area contributed by atoms with E-state index in [-0.39, 0.29) is 0 Å². The van der Waals surface area contributed by atoms with E-state index >= 15 is 0 Å². The van der Waals surface area contributed by atoms with E-state index in [1.165, 1.54) is 11.1 Å². The van der Waals surface area contributed by atoms with Crippen molar-refractivity contribution in [2.75, 3.05) is 13.2 Å². The highest BCUT2D eigenvalue weighted by Crippen LogP contribution is 2.14. The van der Waals surface area contributed by atoms with Crippen molar-refractivity contribution in [3.8, 4) is 5.75 Å². The summed E-state index contributed by atoms with van der Waals surface area (Å²) in [6.45, 7) is 7.09. The van der Waals surface area contributed by atoms with Gasteiger partial charge in [0.2, 0.25) is 0 Å². The lowest BCUT2D eigenvalue weighted by Crippen LogP contribution is -2.18. The molecule has 0 unspecified atom stereocenters. The van der Waals surface area contributed by atoms with Crippen LogP contribution in [0.15, 0.2) is 54.6 Å². The molecule has 0 bridgehead atoms. The molecule has 0 heterocycles. The van der Waals surface area contributed by atoms with Gasteiger partial charge in [-0.25, -0.2) is 0 Å². The van der Waals surface area contributed by atoms with E-state index in [0.29, 0.717) is 12.5 Å². The van der Waals surface area contributed by atoms with Gasteiger partial charge in [0.05, 0.1) is 6.61 Å². The van der Waals surface area contributed by atoms with Crippen molar-refractivity contribution >= 4 is 0 Å². The van der Waals surface area contributed by atoms with Gasteiger partial charge in [0, 0.05) is 13.0 Å². The molecule has 2 rings (SSSR count). The molecule has 0 spiro atoms. The Bertz CT molecular complexity index is 522. The second-order valence-corrected chi connectivity index (χ2v) is 5.76. The number of hydrogen-bond donors (Lipinski definition) is 1. The van der Waals surface area contributed by atoms with E-state index in [4.69, 9.17) is 4.74 Å². The molecular formula is C19H25NO. The Kier molecular flexibility index (Phi) is 6.29. The molecule has 0 atom stereocenters. The highest BCUT2D eigenvalue weighted by Gasteiger charge is 1.99. The number of benzene rings is 2. The van der Waals surface area contributed by atoms with Crippen LogP contribution in [-0.4, -0.2) is 13.2 Å². The Hall–Kier alpha value is -1.80. The number of rotatable bonds is 8. The molecular weight excluding hydrogens is 258 g/mol.